The average molecular weight is 284 g/mol. The van der Waals surface area contributed by atoms with E-state index < -0.39 is 7.60 Å². The fraction of sp³-hybridized carbons (Fsp3) is 1.00. The Morgan fingerprint density at radius 2 is 1.27 bits per heavy atom. The zero-order valence-corrected chi connectivity index (χ0v) is 11.2. The van der Waals surface area contributed by atoms with E-state index in [1.165, 1.54) is 32.1 Å². The van der Waals surface area contributed by atoms with Crippen molar-refractivity contribution in [2.75, 3.05) is 6.16 Å². The van der Waals surface area contributed by atoms with Crippen molar-refractivity contribution in [1.29, 1.82) is 0 Å². The van der Waals surface area contributed by atoms with Gasteiger partial charge in [0.2, 0.25) is 0 Å². The predicted octanol–water partition coefficient (Wildman–Crippen LogP) is 2.04. The van der Waals surface area contributed by atoms with Crippen LogP contribution in [0.3, 0.4) is 0 Å². The minimum Gasteiger partial charge on any atom is -0.811 e. The number of hydrogen-bond donors (Lipinski definition) is 0. The van der Waals surface area contributed by atoms with Gasteiger partial charge in [0.25, 0.3) is 0 Å². The fourth-order valence-electron chi connectivity index (χ4n) is 1.44. The van der Waals surface area contributed by atoms with Crippen LogP contribution in [0.15, 0.2) is 0 Å². The van der Waals surface area contributed by atoms with Crippen molar-refractivity contribution < 1.29 is 31.4 Å². The van der Waals surface area contributed by atoms with Crippen LogP contribution in [0.1, 0.15) is 58.3 Å². The molecule has 5 heteroatoms. The topological polar surface area (TPSA) is 63.2 Å². The first kappa shape index (κ1) is 18.0. The van der Waals surface area contributed by atoms with Gasteiger partial charge in [-0.15, -0.1) is 0 Å². The Balaban J connectivity index is 0. The normalized spacial score (nSPS) is 11.1. The van der Waals surface area contributed by atoms with E-state index in [0.29, 0.717) is 6.42 Å². The van der Waals surface area contributed by atoms with E-state index in [1.807, 2.05) is 0 Å². The van der Waals surface area contributed by atoms with Crippen LogP contribution in [0.2, 0.25) is 0 Å². The summed E-state index contributed by atoms with van der Waals surface area (Å²) >= 11 is 0. The standard InChI is InChI=1S/C10H23O3P.Cu/c1-2-3-4-5-6-7-8-9-10-14(11,12)13;/h2-10H2,1H3,(H2,11,12,13);/q;+2/p-2. The van der Waals surface area contributed by atoms with Crippen LogP contribution in [0.4, 0.5) is 0 Å². The zero-order valence-electron chi connectivity index (χ0n) is 9.34. The van der Waals surface area contributed by atoms with Crippen LogP contribution in [0.5, 0.6) is 0 Å². The van der Waals surface area contributed by atoms with Crippen molar-refractivity contribution in [3.05, 3.63) is 0 Å². The Morgan fingerprint density at radius 3 is 1.67 bits per heavy atom. The fourth-order valence-corrected chi connectivity index (χ4v) is 2.05. The zero-order chi connectivity index (χ0) is 10.9. The van der Waals surface area contributed by atoms with E-state index in [0.717, 1.165) is 12.8 Å². The van der Waals surface area contributed by atoms with Gasteiger partial charge in [-0.3, -0.25) is 0 Å². The summed E-state index contributed by atoms with van der Waals surface area (Å²) in [6.45, 7) is 2.18. The maximum absolute atomic E-state index is 10.3. The van der Waals surface area contributed by atoms with Gasteiger partial charge < -0.3 is 14.4 Å². The quantitative estimate of drug-likeness (QED) is 0.369. The molecule has 0 aromatic rings. The second-order valence-electron chi connectivity index (χ2n) is 3.81. The molecule has 0 aliphatic heterocycles. The summed E-state index contributed by atoms with van der Waals surface area (Å²) in [5, 5.41) is 0. The Hall–Kier alpha value is 0.669. The SMILES string of the molecule is CCCCCCCCCCP(=O)([O-])[O-].[Cu+2]. The Kier molecular flexibility index (Phi) is 13.4. The van der Waals surface area contributed by atoms with Gasteiger partial charge in [0.05, 0.1) is 0 Å². The minimum atomic E-state index is -4.23. The molecule has 0 unspecified atom stereocenters. The van der Waals surface area contributed by atoms with Crippen LogP contribution < -0.4 is 9.79 Å². The van der Waals surface area contributed by atoms with Crippen molar-refractivity contribution in [3.63, 3.8) is 0 Å². The van der Waals surface area contributed by atoms with E-state index in [9.17, 15) is 14.4 Å². The van der Waals surface area contributed by atoms with Gasteiger partial charge in [-0.25, -0.2) is 0 Å². The summed E-state index contributed by atoms with van der Waals surface area (Å²) in [7, 11) is -4.23. The second kappa shape index (κ2) is 11.2. The summed E-state index contributed by atoms with van der Waals surface area (Å²) < 4.78 is 10.3. The van der Waals surface area contributed by atoms with Crippen LogP contribution in [-0.2, 0) is 21.6 Å². The van der Waals surface area contributed by atoms with Gasteiger partial charge in [-0.1, -0.05) is 59.5 Å². The molecule has 0 saturated heterocycles. The van der Waals surface area contributed by atoms with Crippen LogP contribution in [0, 0.1) is 0 Å². The third kappa shape index (κ3) is 17.3. The smallest absolute Gasteiger partial charge is 0.811 e. The molecule has 0 fully saturated rings. The van der Waals surface area contributed by atoms with E-state index in [-0.39, 0.29) is 23.2 Å². The van der Waals surface area contributed by atoms with E-state index in [1.54, 1.807) is 0 Å². The molecular weight excluding hydrogens is 263 g/mol. The molecule has 0 saturated carbocycles. The Bertz CT molecular complexity index is 170. The molecule has 0 aromatic carbocycles. The van der Waals surface area contributed by atoms with Crippen LogP contribution in [0.25, 0.3) is 0 Å². The van der Waals surface area contributed by atoms with Gasteiger partial charge in [0.15, 0.2) is 0 Å². The summed E-state index contributed by atoms with van der Waals surface area (Å²) in [5.41, 5.74) is 0. The van der Waals surface area contributed by atoms with Crippen molar-refractivity contribution in [2.24, 2.45) is 0 Å². The van der Waals surface area contributed by atoms with Gasteiger partial charge >= 0.3 is 17.1 Å². The first-order valence-corrected chi connectivity index (χ1v) is 7.30. The summed E-state index contributed by atoms with van der Waals surface area (Å²) in [6, 6.07) is 0. The van der Waals surface area contributed by atoms with Gasteiger partial charge in [0, 0.05) is 0 Å². The monoisotopic (exact) mass is 283 g/mol. The molecule has 0 aliphatic rings. The molecule has 0 bridgehead atoms. The average Bonchev–Trinajstić information content (AvgIpc) is 2.08. The summed E-state index contributed by atoms with van der Waals surface area (Å²) in [6.07, 6.45) is 8.52. The first-order valence-electron chi connectivity index (χ1n) is 5.57. The molecular formula is C10H21CuO3P. The van der Waals surface area contributed by atoms with Gasteiger partial charge in [0.1, 0.15) is 0 Å². The molecule has 0 N–H and O–H groups in total. The minimum absolute atomic E-state index is 0. The number of rotatable bonds is 9. The molecule has 0 heterocycles. The molecule has 0 atom stereocenters. The Morgan fingerprint density at radius 1 is 0.867 bits per heavy atom. The third-order valence-electron chi connectivity index (χ3n) is 2.29. The van der Waals surface area contributed by atoms with E-state index in [2.05, 4.69) is 6.92 Å². The maximum atomic E-state index is 10.3. The molecule has 0 aromatic heterocycles. The molecule has 0 spiro atoms. The largest absolute Gasteiger partial charge is 2.00 e. The molecule has 1 radical (unpaired) electrons. The third-order valence-corrected chi connectivity index (χ3v) is 3.15. The van der Waals surface area contributed by atoms with Crippen LogP contribution >= 0.6 is 7.60 Å². The Labute approximate surface area is 104 Å². The molecule has 0 rings (SSSR count). The van der Waals surface area contributed by atoms with Gasteiger partial charge in [-0.05, 0) is 12.6 Å². The second-order valence-corrected chi connectivity index (χ2v) is 5.48. The first-order chi connectivity index (χ1) is 6.56. The maximum Gasteiger partial charge on any atom is 2.00 e. The molecule has 15 heavy (non-hydrogen) atoms. The van der Waals surface area contributed by atoms with Gasteiger partial charge in [-0.2, -0.15) is 0 Å². The van der Waals surface area contributed by atoms with Crippen molar-refractivity contribution in [3.8, 4) is 0 Å². The number of hydrogen-bond acceptors (Lipinski definition) is 3. The molecule has 0 amide bonds. The predicted molar refractivity (Wildman–Crippen MR) is 55.1 cm³/mol. The van der Waals surface area contributed by atoms with Crippen molar-refractivity contribution >= 4 is 7.60 Å². The molecule has 95 valence electrons. The van der Waals surface area contributed by atoms with Crippen molar-refractivity contribution in [1.82, 2.24) is 0 Å². The summed E-state index contributed by atoms with van der Waals surface area (Å²) in [4.78, 5) is 20.6. The molecule has 3 nitrogen and oxygen atoms in total. The van der Waals surface area contributed by atoms with E-state index in [4.69, 9.17) is 0 Å². The van der Waals surface area contributed by atoms with Crippen molar-refractivity contribution in [2.45, 2.75) is 58.3 Å². The van der Waals surface area contributed by atoms with Crippen LogP contribution in [-0.4, -0.2) is 6.16 Å². The van der Waals surface area contributed by atoms with E-state index >= 15 is 0 Å². The number of unbranched alkanes of at least 4 members (excludes halogenated alkanes) is 7. The summed E-state index contributed by atoms with van der Waals surface area (Å²) in [5.74, 6) is 0. The molecule has 0 aliphatic carbocycles.